The van der Waals surface area contributed by atoms with Crippen LogP contribution in [0.3, 0.4) is 0 Å². The molecule has 0 bridgehead atoms. The molecule has 3 heterocycles. The number of ether oxygens (including phenoxy) is 1. The molecular formula is C24H24N2O2S. The van der Waals surface area contributed by atoms with Crippen LogP contribution >= 0.6 is 11.3 Å². The van der Waals surface area contributed by atoms with Crippen molar-refractivity contribution in [2.75, 3.05) is 13.7 Å². The van der Waals surface area contributed by atoms with Gasteiger partial charge in [-0.05, 0) is 41.3 Å². The fourth-order valence-electron chi connectivity index (χ4n) is 3.94. The third kappa shape index (κ3) is 3.70. The predicted octanol–water partition coefficient (Wildman–Crippen LogP) is 5.04. The van der Waals surface area contributed by atoms with Crippen LogP contribution in [0.25, 0.3) is 11.1 Å². The lowest BCUT2D eigenvalue weighted by Gasteiger charge is -2.33. The molecule has 0 unspecified atom stereocenters. The highest BCUT2D eigenvalue weighted by Gasteiger charge is 2.31. The zero-order valence-electron chi connectivity index (χ0n) is 16.7. The Kier molecular flexibility index (Phi) is 5.49. The number of aromatic nitrogens is 1. The molecule has 1 atom stereocenters. The molecule has 4 nitrogen and oxygen atoms in total. The Morgan fingerprint density at radius 1 is 1.31 bits per heavy atom. The van der Waals surface area contributed by atoms with Crippen LogP contribution in [-0.2, 0) is 17.8 Å². The number of amides is 1. The minimum absolute atomic E-state index is 0.0179. The van der Waals surface area contributed by atoms with E-state index in [0.29, 0.717) is 19.0 Å². The van der Waals surface area contributed by atoms with Gasteiger partial charge in [0.1, 0.15) is 0 Å². The fraction of sp³-hybridized carbons (Fsp3) is 0.250. The van der Waals surface area contributed by atoms with Gasteiger partial charge in [-0.1, -0.05) is 37.8 Å². The first kappa shape index (κ1) is 19.4. The van der Waals surface area contributed by atoms with Gasteiger partial charge in [0.25, 0.3) is 0 Å². The molecule has 1 aliphatic heterocycles. The first-order valence-corrected chi connectivity index (χ1v) is 10.6. The largest absolute Gasteiger partial charge is 0.481 e. The first-order chi connectivity index (χ1) is 14.1. The van der Waals surface area contributed by atoms with Crippen LogP contribution in [-0.4, -0.2) is 29.4 Å². The van der Waals surface area contributed by atoms with E-state index in [4.69, 9.17) is 4.74 Å². The minimum atomic E-state index is -0.0179. The van der Waals surface area contributed by atoms with E-state index in [1.165, 1.54) is 27.0 Å². The number of nitrogens with zero attached hydrogens (tertiary/aromatic N) is 2. The van der Waals surface area contributed by atoms with Gasteiger partial charge < -0.3 is 9.64 Å². The molecule has 0 spiro atoms. The van der Waals surface area contributed by atoms with E-state index < -0.39 is 0 Å². The third-order valence-corrected chi connectivity index (χ3v) is 6.71. The zero-order chi connectivity index (χ0) is 20.4. The summed E-state index contributed by atoms with van der Waals surface area (Å²) in [4.78, 5) is 21.4. The van der Waals surface area contributed by atoms with Crippen molar-refractivity contribution in [2.45, 2.75) is 25.8 Å². The Bertz CT molecular complexity index is 1040. The van der Waals surface area contributed by atoms with Crippen LogP contribution in [0, 0.1) is 0 Å². The number of carbonyl (C=O) groups is 1. The minimum Gasteiger partial charge on any atom is -0.481 e. The topological polar surface area (TPSA) is 42.4 Å². The van der Waals surface area contributed by atoms with Crippen molar-refractivity contribution in [3.05, 3.63) is 82.2 Å². The Labute approximate surface area is 175 Å². The Morgan fingerprint density at radius 3 is 2.83 bits per heavy atom. The van der Waals surface area contributed by atoms with Gasteiger partial charge in [-0.15, -0.1) is 11.3 Å². The van der Waals surface area contributed by atoms with Gasteiger partial charge in [0.2, 0.25) is 11.8 Å². The lowest BCUT2D eigenvalue weighted by atomic mass is 9.84. The van der Waals surface area contributed by atoms with Gasteiger partial charge in [-0.3, -0.25) is 4.79 Å². The summed E-state index contributed by atoms with van der Waals surface area (Å²) in [6, 6.07) is 14.6. The maximum absolute atomic E-state index is 12.4. The molecular weight excluding hydrogens is 380 g/mol. The maximum atomic E-state index is 12.4. The molecule has 1 aromatic carbocycles. The van der Waals surface area contributed by atoms with Crippen LogP contribution in [0.2, 0.25) is 0 Å². The van der Waals surface area contributed by atoms with Crippen molar-refractivity contribution in [1.82, 2.24) is 9.88 Å². The molecule has 3 aromatic rings. The monoisotopic (exact) mass is 404 g/mol. The predicted molar refractivity (Wildman–Crippen MR) is 117 cm³/mol. The first-order valence-electron chi connectivity index (χ1n) is 9.76. The quantitative estimate of drug-likeness (QED) is 0.560. The van der Waals surface area contributed by atoms with Gasteiger partial charge in [-0.25, -0.2) is 4.98 Å². The Morgan fingerprint density at radius 2 is 2.14 bits per heavy atom. The van der Waals surface area contributed by atoms with E-state index in [-0.39, 0.29) is 11.8 Å². The molecule has 29 heavy (non-hydrogen) atoms. The van der Waals surface area contributed by atoms with Crippen LogP contribution < -0.4 is 4.74 Å². The summed E-state index contributed by atoms with van der Waals surface area (Å²) < 4.78 is 5.20. The molecule has 0 N–H and O–H groups in total. The molecule has 5 heteroatoms. The number of rotatable bonds is 5. The number of hydrogen-bond donors (Lipinski definition) is 0. The fourth-order valence-corrected chi connectivity index (χ4v) is 5.12. The number of fused-ring (bicyclic) bond motifs is 1. The molecule has 0 radical (unpaired) electrons. The number of carbonyl (C=O) groups excluding carboxylic acids is 1. The molecule has 148 valence electrons. The second kappa shape index (κ2) is 8.21. The van der Waals surface area contributed by atoms with Gasteiger partial charge in [0.15, 0.2) is 0 Å². The molecule has 4 rings (SSSR count). The van der Waals surface area contributed by atoms with Gasteiger partial charge in [-0.2, -0.15) is 0 Å². The molecule has 2 aromatic heterocycles. The summed E-state index contributed by atoms with van der Waals surface area (Å²) in [5.74, 6) is 0.701. The van der Waals surface area contributed by atoms with Crippen LogP contribution in [0.5, 0.6) is 5.88 Å². The molecule has 0 saturated heterocycles. The SMILES string of the molecule is C=CC(=O)N1Cc2sc(CC)cc2[C@@H](c2ccccc2-c2ccc(OC)nc2)C1. The van der Waals surface area contributed by atoms with Crippen LogP contribution in [0.4, 0.5) is 0 Å². The van der Waals surface area contributed by atoms with Crippen LogP contribution in [0.15, 0.2) is 61.3 Å². The number of methoxy groups -OCH3 is 1. The van der Waals surface area contributed by atoms with Gasteiger partial charge >= 0.3 is 0 Å². The standard InChI is InChI=1S/C24H24N2O2S/c1-4-17-12-20-21(14-26(24(27)5-2)15-22(20)29-17)19-9-7-6-8-18(19)16-10-11-23(28-3)25-13-16/h5-13,21H,2,4,14-15H2,1,3H3/t21-/m1/s1. The highest BCUT2D eigenvalue weighted by molar-refractivity contribution is 7.12. The normalized spacial score (nSPS) is 15.7. The Hall–Kier alpha value is -2.92. The summed E-state index contributed by atoms with van der Waals surface area (Å²) in [5, 5.41) is 0. The van der Waals surface area contributed by atoms with Crippen molar-refractivity contribution < 1.29 is 9.53 Å². The molecule has 1 amide bonds. The summed E-state index contributed by atoms with van der Waals surface area (Å²) in [5.41, 5.74) is 4.73. The van der Waals surface area contributed by atoms with Crippen molar-refractivity contribution in [3.8, 4) is 17.0 Å². The number of pyridine rings is 1. The second-order valence-electron chi connectivity index (χ2n) is 7.10. The van der Waals surface area contributed by atoms with Crippen molar-refractivity contribution in [2.24, 2.45) is 0 Å². The summed E-state index contributed by atoms with van der Waals surface area (Å²) in [6.45, 7) is 7.17. The lowest BCUT2D eigenvalue weighted by molar-refractivity contribution is -0.127. The van der Waals surface area contributed by atoms with E-state index >= 15 is 0 Å². The van der Waals surface area contributed by atoms with Crippen molar-refractivity contribution >= 4 is 17.2 Å². The van der Waals surface area contributed by atoms with Gasteiger partial charge in [0, 0.05) is 40.0 Å². The van der Waals surface area contributed by atoms with Crippen molar-refractivity contribution in [1.29, 1.82) is 0 Å². The van der Waals surface area contributed by atoms with Gasteiger partial charge in [0.05, 0.1) is 13.7 Å². The summed E-state index contributed by atoms with van der Waals surface area (Å²) >= 11 is 1.81. The van der Waals surface area contributed by atoms with E-state index in [1.807, 2.05) is 40.6 Å². The number of benzene rings is 1. The number of thiophene rings is 1. The third-order valence-electron chi connectivity index (χ3n) is 5.43. The molecule has 0 aliphatic carbocycles. The zero-order valence-corrected chi connectivity index (χ0v) is 17.5. The molecule has 0 fully saturated rings. The van der Waals surface area contributed by atoms with E-state index in [2.05, 4.69) is 42.8 Å². The van der Waals surface area contributed by atoms with E-state index in [0.717, 1.165) is 17.5 Å². The Balaban J connectivity index is 1.81. The maximum Gasteiger partial charge on any atom is 0.246 e. The smallest absolute Gasteiger partial charge is 0.246 e. The van der Waals surface area contributed by atoms with Crippen molar-refractivity contribution in [3.63, 3.8) is 0 Å². The van der Waals surface area contributed by atoms with Crippen LogP contribution in [0.1, 0.15) is 33.7 Å². The average Bonchev–Trinajstić information content (AvgIpc) is 3.21. The highest BCUT2D eigenvalue weighted by atomic mass is 32.1. The molecule has 0 saturated carbocycles. The summed E-state index contributed by atoms with van der Waals surface area (Å²) in [6.07, 6.45) is 4.26. The highest BCUT2D eigenvalue weighted by Crippen LogP contribution is 2.41. The molecule has 1 aliphatic rings. The summed E-state index contributed by atoms with van der Waals surface area (Å²) in [7, 11) is 1.62. The van der Waals surface area contributed by atoms with E-state index in [9.17, 15) is 4.79 Å². The average molecular weight is 405 g/mol. The number of aryl methyl sites for hydroxylation is 1. The number of hydrogen-bond acceptors (Lipinski definition) is 4. The van der Waals surface area contributed by atoms with E-state index in [1.54, 1.807) is 7.11 Å². The lowest BCUT2D eigenvalue weighted by Crippen LogP contribution is -2.37. The second-order valence-corrected chi connectivity index (χ2v) is 8.32.